The van der Waals surface area contributed by atoms with E-state index in [1.54, 1.807) is 29.2 Å². The maximum atomic E-state index is 13.1. The van der Waals surface area contributed by atoms with Gasteiger partial charge < -0.3 is 25.5 Å². The van der Waals surface area contributed by atoms with Crippen LogP contribution in [0.15, 0.2) is 72.8 Å². The largest absolute Gasteiger partial charge is 0.416 e. The van der Waals surface area contributed by atoms with Crippen LogP contribution in [0, 0.1) is 0 Å². The van der Waals surface area contributed by atoms with Gasteiger partial charge in [0, 0.05) is 43.1 Å². The fourth-order valence-corrected chi connectivity index (χ4v) is 4.45. The van der Waals surface area contributed by atoms with Crippen LogP contribution in [0.3, 0.4) is 0 Å². The average Bonchev–Trinajstić information content (AvgIpc) is 2.95. The van der Waals surface area contributed by atoms with Crippen LogP contribution in [0.5, 0.6) is 0 Å². The molecule has 1 atom stereocenters. The van der Waals surface area contributed by atoms with Crippen LogP contribution in [-0.2, 0) is 11.0 Å². The van der Waals surface area contributed by atoms with Crippen molar-refractivity contribution in [1.82, 2.24) is 10.2 Å². The number of hydrogen-bond acceptors (Lipinski definition) is 6. The number of nitrogens with zero attached hydrogens (tertiary/aromatic N) is 2. The van der Waals surface area contributed by atoms with E-state index in [0.29, 0.717) is 31.7 Å². The smallest absolute Gasteiger partial charge is 0.394 e. The number of Topliss-reactive ketones (excluding diaryl/α,β-unsaturated/α-hetero) is 1. The highest BCUT2D eigenvalue weighted by molar-refractivity contribution is 6.02. The quantitative estimate of drug-likeness (QED) is 0.363. The molecule has 1 saturated heterocycles. The second kappa shape index (κ2) is 12.2. The molecule has 0 spiro atoms. The third kappa shape index (κ3) is 6.78. The Hall–Kier alpha value is -4.38. The first-order chi connectivity index (χ1) is 19.1. The molecule has 210 valence electrons. The normalized spacial score (nSPS) is 14.4. The number of halogens is 3. The maximum Gasteiger partial charge on any atom is 0.416 e. The van der Waals surface area contributed by atoms with E-state index in [9.17, 15) is 32.7 Å². The van der Waals surface area contributed by atoms with Gasteiger partial charge in [-0.25, -0.2) is 0 Å². The zero-order chi connectivity index (χ0) is 28.9. The number of para-hydroxylation sites is 1. The third-order valence-corrected chi connectivity index (χ3v) is 6.66. The van der Waals surface area contributed by atoms with Gasteiger partial charge in [-0.1, -0.05) is 18.2 Å². The molecule has 4 rings (SSSR count). The number of aliphatic hydroxyl groups is 1. The van der Waals surface area contributed by atoms with Crippen LogP contribution in [0.2, 0.25) is 0 Å². The fourth-order valence-electron chi connectivity index (χ4n) is 4.45. The fraction of sp³-hybridized carbons (Fsp3) is 0.276. The Balaban J connectivity index is 1.39. The molecule has 0 aromatic heterocycles. The van der Waals surface area contributed by atoms with Gasteiger partial charge in [0.25, 0.3) is 5.91 Å². The topological polar surface area (TPSA) is 102 Å². The monoisotopic (exact) mass is 554 g/mol. The molecule has 8 nitrogen and oxygen atoms in total. The molecule has 40 heavy (non-hydrogen) atoms. The minimum Gasteiger partial charge on any atom is -0.394 e. The van der Waals surface area contributed by atoms with Gasteiger partial charge in [0.2, 0.25) is 5.91 Å². The number of amides is 2. The van der Waals surface area contributed by atoms with Crippen LogP contribution < -0.4 is 15.5 Å². The zero-order valence-corrected chi connectivity index (χ0v) is 21.7. The molecular weight excluding hydrogens is 525 g/mol. The van der Waals surface area contributed by atoms with Crippen molar-refractivity contribution in [3.8, 4) is 0 Å². The molecule has 0 unspecified atom stereocenters. The molecule has 11 heteroatoms. The van der Waals surface area contributed by atoms with Crippen molar-refractivity contribution in [2.45, 2.75) is 19.1 Å². The number of hydrogen-bond donors (Lipinski definition) is 3. The van der Waals surface area contributed by atoms with Crippen LogP contribution in [-0.4, -0.2) is 66.4 Å². The van der Waals surface area contributed by atoms with Crippen molar-refractivity contribution < 1.29 is 32.7 Å². The van der Waals surface area contributed by atoms with E-state index in [1.165, 1.54) is 31.2 Å². The Bertz CT molecular complexity index is 1370. The first-order valence-electron chi connectivity index (χ1n) is 12.7. The molecule has 0 bridgehead atoms. The number of aliphatic hydroxyl groups excluding tert-OH is 1. The summed E-state index contributed by atoms with van der Waals surface area (Å²) < 4.78 is 39.3. The Morgan fingerprint density at radius 2 is 1.60 bits per heavy atom. The number of piperazine rings is 1. The number of nitrogens with one attached hydrogen (secondary N) is 2. The van der Waals surface area contributed by atoms with E-state index in [-0.39, 0.29) is 22.7 Å². The van der Waals surface area contributed by atoms with E-state index in [0.717, 1.165) is 17.8 Å². The van der Waals surface area contributed by atoms with Crippen molar-refractivity contribution in [3.05, 3.63) is 89.5 Å². The first-order valence-corrected chi connectivity index (χ1v) is 12.7. The highest BCUT2D eigenvalue weighted by Gasteiger charge is 2.31. The lowest BCUT2D eigenvalue weighted by Crippen LogP contribution is -2.56. The summed E-state index contributed by atoms with van der Waals surface area (Å²) in [4.78, 5) is 41.4. The van der Waals surface area contributed by atoms with Crippen molar-refractivity contribution in [3.63, 3.8) is 0 Å². The van der Waals surface area contributed by atoms with Gasteiger partial charge in [0.05, 0.1) is 23.4 Å². The first kappa shape index (κ1) is 28.6. The Morgan fingerprint density at radius 1 is 0.925 bits per heavy atom. The molecule has 2 amide bonds. The SMILES string of the molecule is CC(=O)c1ccc(N2CCN(C(=O)[C@H](CO)NC(=O)c3ccccc3Nc3cccc(C(F)(F)F)c3)CC2)cc1. The van der Waals surface area contributed by atoms with Gasteiger partial charge in [-0.15, -0.1) is 0 Å². The second-order valence-corrected chi connectivity index (χ2v) is 9.37. The van der Waals surface area contributed by atoms with Gasteiger partial charge in [0.15, 0.2) is 5.78 Å². The van der Waals surface area contributed by atoms with Gasteiger partial charge in [-0.3, -0.25) is 14.4 Å². The van der Waals surface area contributed by atoms with Crippen LogP contribution in [0.4, 0.5) is 30.2 Å². The molecule has 1 aliphatic heterocycles. The lowest BCUT2D eigenvalue weighted by molar-refractivity contribution is -0.137. The van der Waals surface area contributed by atoms with E-state index in [1.807, 2.05) is 12.1 Å². The summed E-state index contributed by atoms with van der Waals surface area (Å²) in [5.41, 5.74) is 1.19. The van der Waals surface area contributed by atoms with Crippen molar-refractivity contribution in [2.24, 2.45) is 0 Å². The Kier molecular flexibility index (Phi) is 8.73. The number of anilines is 3. The molecule has 0 radical (unpaired) electrons. The van der Waals surface area contributed by atoms with E-state index >= 15 is 0 Å². The lowest BCUT2D eigenvalue weighted by Gasteiger charge is -2.37. The average molecular weight is 555 g/mol. The van der Waals surface area contributed by atoms with Crippen LogP contribution in [0.25, 0.3) is 0 Å². The predicted octanol–water partition coefficient (Wildman–Crippen LogP) is 4.09. The summed E-state index contributed by atoms with van der Waals surface area (Å²) >= 11 is 0. The molecule has 3 aromatic rings. The van der Waals surface area contributed by atoms with Gasteiger partial charge in [-0.05, 0) is 61.5 Å². The number of carbonyl (C=O) groups excluding carboxylic acids is 3. The summed E-state index contributed by atoms with van der Waals surface area (Å²) in [6.45, 7) is 2.67. The molecule has 3 N–H and O–H groups in total. The molecule has 1 aliphatic rings. The number of benzene rings is 3. The van der Waals surface area contributed by atoms with Crippen LogP contribution >= 0.6 is 0 Å². The summed E-state index contributed by atoms with van der Waals surface area (Å²) in [6.07, 6.45) is -4.52. The van der Waals surface area contributed by atoms with Crippen molar-refractivity contribution >= 4 is 34.7 Å². The number of ketones is 1. The Morgan fingerprint density at radius 3 is 2.23 bits per heavy atom. The summed E-state index contributed by atoms with van der Waals surface area (Å²) in [5, 5.41) is 15.3. The lowest BCUT2D eigenvalue weighted by atomic mass is 10.1. The highest BCUT2D eigenvalue weighted by atomic mass is 19.4. The second-order valence-electron chi connectivity index (χ2n) is 9.37. The molecular formula is C29H29F3N4O4. The van der Waals surface area contributed by atoms with E-state index in [2.05, 4.69) is 15.5 Å². The van der Waals surface area contributed by atoms with Gasteiger partial charge in [0.1, 0.15) is 6.04 Å². The summed E-state index contributed by atoms with van der Waals surface area (Å²) in [7, 11) is 0. The zero-order valence-electron chi connectivity index (χ0n) is 21.7. The third-order valence-electron chi connectivity index (χ3n) is 6.66. The predicted molar refractivity (Wildman–Crippen MR) is 145 cm³/mol. The van der Waals surface area contributed by atoms with Crippen molar-refractivity contribution in [2.75, 3.05) is 43.0 Å². The van der Waals surface area contributed by atoms with E-state index in [4.69, 9.17) is 0 Å². The maximum absolute atomic E-state index is 13.1. The van der Waals surface area contributed by atoms with Crippen molar-refractivity contribution in [1.29, 1.82) is 0 Å². The molecule has 0 saturated carbocycles. The van der Waals surface area contributed by atoms with E-state index < -0.39 is 36.2 Å². The van der Waals surface area contributed by atoms with Crippen LogP contribution in [0.1, 0.15) is 33.2 Å². The standard InChI is InChI=1S/C29H29F3N4O4/c1-19(38)20-9-11-23(12-10-20)35-13-15-36(16-14-35)28(40)26(18-37)34-27(39)24-7-2-3-8-25(24)33-22-6-4-5-21(17-22)29(30,31)32/h2-12,17,26,33,37H,13-16,18H2,1H3,(H,34,39)/t26-/m0/s1. The number of carbonyl (C=O) groups is 3. The molecule has 1 fully saturated rings. The number of alkyl halides is 3. The minimum absolute atomic E-state index is 0.0203. The molecule has 3 aromatic carbocycles. The van der Waals surface area contributed by atoms with Gasteiger partial charge in [-0.2, -0.15) is 13.2 Å². The molecule has 1 heterocycles. The minimum atomic E-state index is -4.52. The Labute approximate surface area is 229 Å². The number of rotatable bonds is 8. The summed E-state index contributed by atoms with van der Waals surface area (Å²) in [6, 6.07) is 16.8. The van der Waals surface area contributed by atoms with Gasteiger partial charge >= 0.3 is 6.18 Å². The highest BCUT2D eigenvalue weighted by Crippen LogP contribution is 2.32. The molecule has 0 aliphatic carbocycles. The summed E-state index contributed by atoms with van der Waals surface area (Å²) in [5.74, 6) is -1.12.